The Kier molecular flexibility index (Phi) is 3.87. The molecule has 0 radical (unpaired) electrons. The first kappa shape index (κ1) is 16.3. The van der Waals surface area contributed by atoms with Crippen LogP contribution < -0.4 is 5.32 Å². The molecule has 1 aliphatic carbocycles. The second-order valence-corrected chi connectivity index (χ2v) is 7.52. The van der Waals surface area contributed by atoms with Gasteiger partial charge in [-0.05, 0) is 55.2 Å². The monoisotopic (exact) mass is 375 g/mol. The van der Waals surface area contributed by atoms with Crippen LogP contribution in [0.25, 0.3) is 21.8 Å². The third-order valence-corrected chi connectivity index (χ3v) is 5.65. The summed E-state index contributed by atoms with van der Waals surface area (Å²) >= 11 is 6.18. The van der Waals surface area contributed by atoms with Crippen LogP contribution >= 0.6 is 11.6 Å². The van der Waals surface area contributed by atoms with E-state index < -0.39 is 0 Å². The molecule has 2 aromatic carbocycles. The number of anilines is 1. The van der Waals surface area contributed by atoms with Crippen molar-refractivity contribution in [2.24, 2.45) is 5.92 Å². The number of carbonyl (C=O) groups excluding carboxylic acids is 1. The molecule has 0 bridgehead atoms. The second-order valence-electron chi connectivity index (χ2n) is 7.08. The fourth-order valence-corrected chi connectivity index (χ4v) is 4.23. The second kappa shape index (κ2) is 6.39. The van der Waals surface area contributed by atoms with E-state index in [0.717, 1.165) is 51.8 Å². The van der Waals surface area contributed by atoms with Crippen molar-refractivity contribution in [3.63, 3.8) is 0 Å². The molecule has 5 rings (SSSR count). The van der Waals surface area contributed by atoms with Crippen molar-refractivity contribution >= 4 is 45.0 Å². The molecule has 0 saturated heterocycles. The summed E-state index contributed by atoms with van der Waals surface area (Å²) in [5.74, 6) is -0.00960. The quantitative estimate of drug-likeness (QED) is 0.511. The Morgan fingerprint density at radius 2 is 2.07 bits per heavy atom. The molecule has 5 heteroatoms. The van der Waals surface area contributed by atoms with Gasteiger partial charge in [-0.25, -0.2) is 0 Å². The molecule has 0 spiro atoms. The van der Waals surface area contributed by atoms with Gasteiger partial charge in [-0.15, -0.1) is 0 Å². The Labute approximate surface area is 161 Å². The molecular formula is C22H18ClN3O. The van der Waals surface area contributed by atoms with Crippen LogP contribution in [0.4, 0.5) is 5.69 Å². The Balaban J connectivity index is 1.43. The van der Waals surface area contributed by atoms with E-state index in [0.29, 0.717) is 0 Å². The minimum Gasteiger partial charge on any atom is -0.358 e. The van der Waals surface area contributed by atoms with E-state index in [1.165, 1.54) is 11.3 Å². The number of hydrogen-bond donors (Lipinski definition) is 2. The van der Waals surface area contributed by atoms with Gasteiger partial charge in [0, 0.05) is 39.1 Å². The molecule has 0 aliphatic heterocycles. The molecule has 1 aliphatic rings. The largest absolute Gasteiger partial charge is 0.358 e. The Morgan fingerprint density at radius 3 is 3.00 bits per heavy atom. The Hall–Kier alpha value is -2.85. The van der Waals surface area contributed by atoms with Gasteiger partial charge in [0.05, 0.1) is 11.2 Å². The maximum atomic E-state index is 13.0. The van der Waals surface area contributed by atoms with Gasteiger partial charge < -0.3 is 10.3 Å². The number of para-hydroxylation sites is 1. The number of fused-ring (bicyclic) bond motifs is 4. The number of hydrogen-bond acceptors (Lipinski definition) is 2. The number of nitrogens with zero attached hydrogens (tertiary/aromatic N) is 1. The van der Waals surface area contributed by atoms with E-state index in [4.69, 9.17) is 11.6 Å². The number of benzene rings is 2. The van der Waals surface area contributed by atoms with Crippen LogP contribution in [-0.2, 0) is 17.6 Å². The highest BCUT2D eigenvalue weighted by Gasteiger charge is 2.27. The molecule has 2 N–H and O–H groups in total. The molecule has 4 aromatic rings. The van der Waals surface area contributed by atoms with E-state index >= 15 is 0 Å². The summed E-state index contributed by atoms with van der Waals surface area (Å²) in [5, 5.41) is 5.97. The third kappa shape index (κ3) is 2.86. The zero-order chi connectivity index (χ0) is 18.4. The Bertz CT molecular complexity index is 1180. The smallest absolute Gasteiger partial charge is 0.227 e. The average molecular weight is 376 g/mol. The highest BCUT2D eigenvalue weighted by Crippen LogP contribution is 2.34. The van der Waals surface area contributed by atoms with Crippen LogP contribution in [0, 0.1) is 5.92 Å². The van der Waals surface area contributed by atoms with Crippen LogP contribution in [0.1, 0.15) is 17.7 Å². The first-order valence-corrected chi connectivity index (χ1v) is 9.50. The summed E-state index contributed by atoms with van der Waals surface area (Å²) < 4.78 is 0. The zero-order valence-electron chi connectivity index (χ0n) is 14.6. The normalized spacial score (nSPS) is 16.4. The first-order valence-electron chi connectivity index (χ1n) is 9.12. The molecule has 4 nitrogen and oxygen atoms in total. The molecular weight excluding hydrogens is 358 g/mol. The number of carbonyl (C=O) groups is 1. The maximum Gasteiger partial charge on any atom is 0.227 e. The summed E-state index contributed by atoms with van der Waals surface area (Å²) in [6.07, 6.45) is 4.17. The van der Waals surface area contributed by atoms with Crippen molar-refractivity contribution in [2.75, 3.05) is 5.32 Å². The van der Waals surface area contributed by atoms with Gasteiger partial charge in [-0.2, -0.15) is 0 Å². The number of nitrogens with one attached hydrogen (secondary N) is 2. The average Bonchev–Trinajstić information content (AvgIpc) is 3.05. The van der Waals surface area contributed by atoms with Gasteiger partial charge in [0.15, 0.2) is 0 Å². The van der Waals surface area contributed by atoms with Crippen LogP contribution in [0.3, 0.4) is 0 Å². The lowest BCUT2D eigenvalue weighted by Crippen LogP contribution is -2.28. The van der Waals surface area contributed by atoms with Gasteiger partial charge in [-0.1, -0.05) is 29.8 Å². The third-order valence-electron chi connectivity index (χ3n) is 5.41. The summed E-state index contributed by atoms with van der Waals surface area (Å²) in [6.45, 7) is 0. The number of H-pyrrole nitrogens is 1. The van der Waals surface area contributed by atoms with Crippen molar-refractivity contribution in [3.05, 3.63) is 71.0 Å². The number of amides is 1. The Morgan fingerprint density at radius 1 is 1.19 bits per heavy atom. The van der Waals surface area contributed by atoms with Crippen LogP contribution in [0.5, 0.6) is 0 Å². The van der Waals surface area contributed by atoms with Gasteiger partial charge in [0.2, 0.25) is 5.91 Å². The standard InChI is InChI=1S/C22H18ClN3O/c23-15-7-9-19-17(12-15)16-11-14(6-8-18(16)25-19)22(27)26-20-5-1-3-13-4-2-10-24-21(13)20/h1-5,7,9-10,12,14,25H,6,8,11H2,(H,26,27). The van der Waals surface area contributed by atoms with E-state index in [1.54, 1.807) is 6.20 Å². The topological polar surface area (TPSA) is 57.8 Å². The van der Waals surface area contributed by atoms with Crippen molar-refractivity contribution < 1.29 is 4.79 Å². The fraction of sp³-hybridized carbons (Fsp3) is 0.182. The van der Waals surface area contributed by atoms with E-state index in [1.807, 2.05) is 48.5 Å². The molecule has 134 valence electrons. The number of rotatable bonds is 2. The van der Waals surface area contributed by atoms with Gasteiger partial charge in [0.1, 0.15) is 0 Å². The summed E-state index contributed by atoms with van der Waals surface area (Å²) in [6, 6.07) is 15.6. The van der Waals surface area contributed by atoms with Crippen molar-refractivity contribution in [1.82, 2.24) is 9.97 Å². The van der Waals surface area contributed by atoms with Crippen molar-refractivity contribution in [1.29, 1.82) is 0 Å². The molecule has 2 aromatic heterocycles. The summed E-state index contributed by atoms with van der Waals surface area (Å²) in [4.78, 5) is 20.9. The van der Waals surface area contributed by atoms with E-state index in [9.17, 15) is 4.79 Å². The number of halogens is 1. The van der Waals surface area contributed by atoms with Crippen LogP contribution in [0.2, 0.25) is 5.02 Å². The molecule has 1 unspecified atom stereocenters. The van der Waals surface area contributed by atoms with Crippen molar-refractivity contribution in [2.45, 2.75) is 19.3 Å². The van der Waals surface area contributed by atoms with Crippen LogP contribution in [-0.4, -0.2) is 15.9 Å². The zero-order valence-corrected chi connectivity index (χ0v) is 15.4. The molecule has 1 atom stereocenters. The summed E-state index contributed by atoms with van der Waals surface area (Å²) in [7, 11) is 0. The van der Waals surface area contributed by atoms with Gasteiger partial charge >= 0.3 is 0 Å². The molecule has 27 heavy (non-hydrogen) atoms. The predicted molar refractivity (Wildman–Crippen MR) is 109 cm³/mol. The van der Waals surface area contributed by atoms with E-state index in [2.05, 4.69) is 15.3 Å². The lowest BCUT2D eigenvalue weighted by Gasteiger charge is -2.22. The molecule has 2 heterocycles. The molecule has 0 fully saturated rings. The maximum absolute atomic E-state index is 13.0. The minimum absolute atomic E-state index is 0.0511. The number of aromatic amines is 1. The number of pyridine rings is 1. The highest BCUT2D eigenvalue weighted by molar-refractivity contribution is 6.31. The first-order chi connectivity index (χ1) is 13.2. The van der Waals surface area contributed by atoms with Crippen LogP contribution in [0.15, 0.2) is 54.7 Å². The lowest BCUT2D eigenvalue weighted by molar-refractivity contribution is -0.120. The highest BCUT2D eigenvalue weighted by atomic mass is 35.5. The van der Waals surface area contributed by atoms with Gasteiger partial charge in [-0.3, -0.25) is 9.78 Å². The molecule has 0 saturated carbocycles. The fourth-order valence-electron chi connectivity index (χ4n) is 4.05. The van der Waals surface area contributed by atoms with E-state index in [-0.39, 0.29) is 11.8 Å². The molecule has 1 amide bonds. The van der Waals surface area contributed by atoms with Crippen molar-refractivity contribution in [3.8, 4) is 0 Å². The number of aromatic nitrogens is 2. The van der Waals surface area contributed by atoms with Gasteiger partial charge in [0.25, 0.3) is 0 Å². The summed E-state index contributed by atoms with van der Waals surface area (Å²) in [5.41, 5.74) is 5.12. The SMILES string of the molecule is O=C(Nc1cccc2cccnc12)C1CCc2[nH]c3ccc(Cl)cc3c2C1. The lowest BCUT2D eigenvalue weighted by atomic mass is 9.85. The number of aryl methyl sites for hydroxylation is 1. The predicted octanol–water partition coefficient (Wildman–Crippen LogP) is 5.11. The minimum atomic E-state index is -0.0607.